The summed E-state index contributed by atoms with van der Waals surface area (Å²) in [6, 6.07) is 7.35. The zero-order valence-corrected chi connectivity index (χ0v) is 15.1. The summed E-state index contributed by atoms with van der Waals surface area (Å²) in [5.41, 5.74) is 1.46. The van der Waals surface area contributed by atoms with Crippen molar-refractivity contribution in [3.8, 4) is 11.5 Å². The molecule has 0 aliphatic heterocycles. The number of nitrogens with zero attached hydrogens (tertiary/aromatic N) is 2. The third kappa shape index (κ3) is 4.00. The number of furan rings is 1. The average molecular weight is 359 g/mol. The second kappa shape index (κ2) is 8.13. The minimum Gasteiger partial charge on any atom is -0.461 e. The molecule has 0 spiro atoms. The van der Waals surface area contributed by atoms with Gasteiger partial charge in [-0.1, -0.05) is 19.0 Å². The molecule has 0 radical (unpaired) electrons. The molecule has 0 aliphatic rings. The number of carbonyl (C=O) groups excluding carboxylic acids is 1. The largest absolute Gasteiger partial charge is 0.461 e. The number of amides is 1. The molecule has 1 unspecified atom stereocenters. The van der Waals surface area contributed by atoms with Gasteiger partial charge in [0.2, 0.25) is 5.76 Å². The van der Waals surface area contributed by atoms with Crippen LogP contribution in [0.1, 0.15) is 35.9 Å². The summed E-state index contributed by atoms with van der Waals surface area (Å²) < 4.78 is 10.4. The number of aromatic nitrogens is 1. The molecule has 3 aromatic rings. The number of hydrogen-bond acceptors (Lipinski definition) is 6. The van der Waals surface area contributed by atoms with Gasteiger partial charge in [-0.3, -0.25) is 9.69 Å². The third-order valence-electron chi connectivity index (χ3n) is 4.14. The zero-order chi connectivity index (χ0) is 17.6. The minimum atomic E-state index is -0.256. The highest BCUT2D eigenvalue weighted by atomic mass is 32.1. The minimum absolute atomic E-state index is 0.140. The fourth-order valence-electron chi connectivity index (χ4n) is 2.78. The maximum Gasteiger partial charge on any atom is 0.273 e. The van der Waals surface area contributed by atoms with E-state index in [-0.39, 0.29) is 17.6 Å². The molecule has 0 aromatic carbocycles. The predicted octanol–water partition coefficient (Wildman–Crippen LogP) is 3.81. The molecule has 0 aliphatic carbocycles. The van der Waals surface area contributed by atoms with Crippen LogP contribution in [-0.2, 0) is 0 Å². The van der Waals surface area contributed by atoms with E-state index in [1.54, 1.807) is 35.8 Å². The van der Waals surface area contributed by atoms with Gasteiger partial charge in [0, 0.05) is 12.6 Å². The Balaban J connectivity index is 1.67. The van der Waals surface area contributed by atoms with Crippen molar-refractivity contribution in [1.82, 2.24) is 15.4 Å². The molecule has 0 fully saturated rings. The molecule has 3 heterocycles. The Hall–Kier alpha value is -2.38. The molecular formula is C18H21N3O3S. The molecule has 1 amide bonds. The van der Waals surface area contributed by atoms with E-state index in [1.807, 2.05) is 0 Å². The molecular weight excluding hydrogens is 338 g/mol. The summed E-state index contributed by atoms with van der Waals surface area (Å²) in [5.74, 6) is 0.730. The number of likely N-dealkylation sites (N-methyl/N-ethyl adjacent to an activating group) is 1. The fraction of sp³-hybridized carbons (Fsp3) is 0.333. The Labute approximate surface area is 150 Å². The second-order valence-electron chi connectivity index (χ2n) is 5.56. The van der Waals surface area contributed by atoms with Gasteiger partial charge in [0.25, 0.3) is 5.91 Å². The van der Waals surface area contributed by atoms with Crippen molar-refractivity contribution in [2.75, 3.05) is 19.6 Å². The van der Waals surface area contributed by atoms with Crippen LogP contribution in [0, 0.1) is 0 Å². The summed E-state index contributed by atoms with van der Waals surface area (Å²) in [6.07, 6.45) is 1.55. The van der Waals surface area contributed by atoms with Crippen LogP contribution in [0.25, 0.3) is 11.5 Å². The van der Waals surface area contributed by atoms with Crippen LogP contribution in [-0.4, -0.2) is 35.6 Å². The summed E-state index contributed by atoms with van der Waals surface area (Å²) in [6.45, 7) is 6.59. The molecule has 1 N–H and O–H groups in total. The first-order valence-corrected chi connectivity index (χ1v) is 9.22. The van der Waals surface area contributed by atoms with Gasteiger partial charge in [0.15, 0.2) is 11.5 Å². The molecule has 0 bridgehead atoms. The van der Waals surface area contributed by atoms with Gasteiger partial charge in [-0.05, 0) is 47.6 Å². The van der Waals surface area contributed by atoms with Crippen molar-refractivity contribution in [1.29, 1.82) is 0 Å². The Morgan fingerprint density at radius 3 is 2.80 bits per heavy atom. The van der Waals surface area contributed by atoms with Gasteiger partial charge in [0.05, 0.1) is 12.3 Å². The summed E-state index contributed by atoms with van der Waals surface area (Å²) in [5, 5.41) is 11.0. The molecule has 132 valence electrons. The summed E-state index contributed by atoms with van der Waals surface area (Å²) in [7, 11) is 0. The van der Waals surface area contributed by atoms with Gasteiger partial charge < -0.3 is 14.3 Å². The summed E-state index contributed by atoms with van der Waals surface area (Å²) in [4.78, 5) is 14.7. The fourth-order valence-corrected chi connectivity index (χ4v) is 3.49. The average Bonchev–Trinajstić information content (AvgIpc) is 3.39. The Bertz CT molecular complexity index is 776. The van der Waals surface area contributed by atoms with Crippen LogP contribution >= 0.6 is 11.3 Å². The lowest BCUT2D eigenvalue weighted by Crippen LogP contribution is -2.38. The van der Waals surface area contributed by atoms with Crippen molar-refractivity contribution < 1.29 is 13.7 Å². The van der Waals surface area contributed by atoms with Crippen LogP contribution in [0.4, 0.5) is 0 Å². The first-order chi connectivity index (χ1) is 12.2. The van der Waals surface area contributed by atoms with E-state index in [2.05, 4.69) is 46.0 Å². The van der Waals surface area contributed by atoms with Crippen molar-refractivity contribution in [3.05, 3.63) is 52.5 Å². The highest BCUT2D eigenvalue weighted by Crippen LogP contribution is 2.23. The van der Waals surface area contributed by atoms with Gasteiger partial charge in [-0.15, -0.1) is 0 Å². The smallest absolute Gasteiger partial charge is 0.273 e. The van der Waals surface area contributed by atoms with E-state index in [0.717, 1.165) is 13.1 Å². The van der Waals surface area contributed by atoms with Crippen molar-refractivity contribution in [3.63, 3.8) is 0 Å². The first-order valence-electron chi connectivity index (χ1n) is 8.27. The number of hydrogen-bond donors (Lipinski definition) is 1. The highest BCUT2D eigenvalue weighted by molar-refractivity contribution is 7.07. The predicted molar refractivity (Wildman–Crippen MR) is 96.5 cm³/mol. The maximum atomic E-state index is 12.4. The molecule has 6 nitrogen and oxygen atoms in total. The standard InChI is InChI=1S/C18H21N3O3S/c1-3-21(4-2)15(13-7-9-25-12-13)11-19-18(22)14-10-17(24-20-14)16-6-5-8-23-16/h5-10,12,15H,3-4,11H2,1-2H3,(H,19,22). The van der Waals surface area contributed by atoms with E-state index in [0.29, 0.717) is 18.1 Å². The van der Waals surface area contributed by atoms with Crippen LogP contribution in [0.3, 0.4) is 0 Å². The Morgan fingerprint density at radius 2 is 2.16 bits per heavy atom. The van der Waals surface area contributed by atoms with E-state index in [1.165, 1.54) is 5.56 Å². The summed E-state index contributed by atoms with van der Waals surface area (Å²) >= 11 is 1.66. The van der Waals surface area contributed by atoms with Gasteiger partial charge >= 0.3 is 0 Å². The Morgan fingerprint density at radius 1 is 1.32 bits per heavy atom. The number of carbonyl (C=O) groups is 1. The SMILES string of the molecule is CCN(CC)C(CNC(=O)c1cc(-c2ccco2)on1)c1ccsc1. The molecule has 0 saturated heterocycles. The second-order valence-corrected chi connectivity index (χ2v) is 6.34. The lowest BCUT2D eigenvalue weighted by Gasteiger charge is -2.29. The first kappa shape index (κ1) is 17.4. The van der Waals surface area contributed by atoms with Gasteiger partial charge in [-0.25, -0.2) is 0 Å². The van der Waals surface area contributed by atoms with Crippen molar-refractivity contribution in [2.24, 2.45) is 0 Å². The molecule has 3 rings (SSSR count). The lowest BCUT2D eigenvalue weighted by molar-refractivity contribution is 0.0926. The van der Waals surface area contributed by atoms with Crippen LogP contribution < -0.4 is 5.32 Å². The molecule has 3 aromatic heterocycles. The quantitative estimate of drug-likeness (QED) is 0.662. The van der Waals surface area contributed by atoms with Gasteiger partial charge in [-0.2, -0.15) is 11.3 Å². The number of rotatable bonds is 8. The third-order valence-corrected chi connectivity index (χ3v) is 4.85. The Kier molecular flexibility index (Phi) is 5.67. The number of thiophene rings is 1. The van der Waals surface area contributed by atoms with Crippen molar-refractivity contribution >= 4 is 17.2 Å². The van der Waals surface area contributed by atoms with Crippen LogP contribution in [0.2, 0.25) is 0 Å². The molecule has 25 heavy (non-hydrogen) atoms. The normalized spacial score (nSPS) is 12.4. The lowest BCUT2D eigenvalue weighted by atomic mass is 10.1. The number of nitrogens with one attached hydrogen (secondary N) is 1. The monoisotopic (exact) mass is 359 g/mol. The van der Waals surface area contributed by atoms with Crippen LogP contribution in [0.5, 0.6) is 0 Å². The topological polar surface area (TPSA) is 71.5 Å². The van der Waals surface area contributed by atoms with Crippen molar-refractivity contribution in [2.45, 2.75) is 19.9 Å². The molecule has 7 heteroatoms. The molecule has 1 atom stereocenters. The molecule has 0 saturated carbocycles. The maximum absolute atomic E-state index is 12.4. The van der Waals surface area contributed by atoms with E-state index in [4.69, 9.17) is 8.94 Å². The zero-order valence-electron chi connectivity index (χ0n) is 14.3. The van der Waals surface area contributed by atoms with E-state index >= 15 is 0 Å². The van der Waals surface area contributed by atoms with Gasteiger partial charge in [0.1, 0.15) is 0 Å². The highest BCUT2D eigenvalue weighted by Gasteiger charge is 2.21. The van der Waals surface area contributed by atoms with E-state index < -0.39 is 0 Å². The van der Waals surface area contributed by atoms with Crippen LogP contribution in [0.15, 0.2) is 50.2 Å². The van der Waals surface area contributed by atoms with E-state index in [9.17, 15) is 4.79 Å².